The largest absolute Gasteiger partial charge is 0.499 e. The predicted octanol–water partition coefficient (Wildman–Crippen LogP) is 5.84. The summed E-state index contributed by atoms with van der Waals surface area (Å²) in [7, 11) is 3.31. The summed E-state index contributed by atoms with van der Waals surface area (Å²) < 4.78 is 30.3. The number of rotatable bonds is 11. The third-order valence-corrected chi connectivity index (χ3v) is 5.21. The SMILES string of the molecule is CC=C(OC)C(NCCc1ccc(OCc2cccc(F)c2)c(OC)c1)c1ccccc1. The van der Waals surface area contributed by atoms with Crippen LogP contribution in [0.2, 0.25) is 0 Å². The van der Waals surface area contributed by atoms with Gasteiger partial charge in [-0.1, -0.05) is 48.5 Å². The Hall–Kier alpha value is -3.31. The Morgan fingerprint density at radius 2 is 1.75 bits per heavy atom. The van der Waals surface area contributed by atoms with E-state index in [-0.39, 0.29) is 18.5 Å². The van der Waals surface area contributed by atoms with Crippen LogP contribution in [-0.2, 0) is 17.8 Å². The van der Waals surface area contributed by atoms with Crippen molar-refractivity contribution in [2.45, 2.75) is 26.0 Å². The molecule has 0 saturated heterocycles. The van der Waals surface area contributed by atoms with Gasteiger partial charge in [-0.05, 0) is 60.4 Å². The molecule has 0 aliphatic heterocycles. The minimum atomic E-state index is -0.274. The second-order valence-corrected chi connectivity index (χ2v) is 7.35. The molecule has 0 amide bonds. The molecule has 0 spiro atoms. The van der Waals surface area contributed by atoms with Crippen LogP contribution < -0.4 is 14.8 Å². The Bertz CT molecular complexity index is 1020. The Labute approximate surface area is 189 Å². The van der Waals surface area contributed by atoms with E-state index >= 15 is 0 Å². The van der Waals surface area contributed by atoms with Gasteiger partial charge in [0.25, 0.3) is 0 Å². The zero-order valence-corrected chi connectivity index (χ0v) is 18.8. The lowest BCUT2D eigenvalue weighted by Crippen LogP contribution is -2.26. The number of benzene rings is 3. The van der Waals surface area contributed by atoms with Crippen LogP contribution in [-0.4, -0.2) is 20.8 Å². The van der Waals surface area contributed by atoms with Gasteiger partial charge in [0, 0.05) is 6.54 Å². The molecule has 0 aliphatic carbocycles. The first-order valence-electron chi connectivity index (χ1n) is 10.7. The first kappa shape index (κ1) is 23.4. The number of halogens is 1. The van der Waals surface area contributed by atoms with E-state index < -0.39 is 0 Å². The van der Waals surface area contributed by atoms with Crippen molar-refractivity contribution in [1.82, 2.24) is 5.32 Å². The number of allylic oxidation sites excluding steroid dienone is 1. The molecule has 0 radical (unpaired) electrons. The molecule has 0 aromatic heterocycles. The molecule has 1 unspecified atom stereocenters. The van der Waals surface area contributed by atoms with Gasteiger partial charge in [0.1, 0.15) is 18.2 Å². The fourth-order valence-corrected chi connectivity index (χ4v) is 3.57. The minimum Gasteiger partial charge on any atom is -0.499 e. The molecule has 3 aromatic rings. The maximum Gasteiger partial charge on any atom is 0.161 e. The van der Waals surface area contributed by atoms with Crippen LogP contribution in [0.25, 0.3) is 0 Å². The van der Waals surface area contributed by atoms with Crippen molar-refractivity contribution in [3.8, 4) is 11.5 Å². The van der Waals surface area contributed by atoms with Crippen LogP contribution in [0.15, 0.2) is 84.6 Å². The smallest absolute Gasteiger partial charge is 0.161 e. The molecule has 1 N–H and O–H groups in total. The van der Waals surface area contributed by atoms with Crippen LogP contribution in [0, 0.1) is 5.82 Å². The highest BCUT2D eigenvalue weighted by Crippen LogP contribution is 2.29. The lowest BCUT2D eigenvalue weighted by atomic mass is 10.0. The Morgan fingerprint density at radius 3 is 2.44 bits per heavy atom. The molecule has 0 fully saturated rings. The molecule has 4 nitrogen and oxygen atoms in total. The van der Waals surface area contributed by atoms with Gasteiger partial charge in [-0.2, -0.15) is 0 Å². The number of hydrogen-bond acceptors (Lipinski definition) is 4. The Kier molecular flexibility index (Phi) is 8.70. The number of nitrogens with one attached hydrogen (secondary N) is 1. The van der Waals surface area contributed by atoms with Crippen LogP contribution in [0.3, 0.4) is 0 Å². The van der Waals surface area contributed by atoms with E-state index in [4.69, 9.17) is 14.2 Å². The van der Waals surface area contributed by atoms with E-state index in [0.29, 0.717) is 11.5 Å². The van der Waals surface area contributed by atoms with Gasteiger partial charge in [0.15, 0.2) is 11.5 Å². The summed E-state index contributed by atoms with van der Waals surface area (Å²) in [6, 6.07) is 22.5. The van der Waals surface area contributed by atoms with Crippen molar-refractivity contribution >= 4 is 0 Å². The van der Waals surface area contributed by atoms with E-state index in [1.807, 2.05) is 55.5 Å². The first-order chi connectivity index (χ1) is 15.6. The van der Waals surface area contributed by atoms with Crippen molar-refractivity contribution in [3.63, 3.8) is 0 Å². The topological polar surface area (TPSA) is 39.7 Å². The van der Waals surface area contributed by atoms with Crippen LogP contribution in [0.1, 0.15) is 29.7 Å². The molecule has 0 heterocycles. The molecule has 3 aromatic carbocycles. The van der Waals surface area contributed by atoms with E-state index in [1.54, 1.807) is 20.3 Å². The van der Waals surface area contributed by atoms with Crippen molar-refractivity contribution in [2.24, 2.45) is 0 Å². The third-order valence-electron chi connectivity index (χ3n) is 5.21. The standard InChI is InChI=1S/C27H30FNO3/c1-4-24(30-2)27(22-10-6-5-7-11-22)29-16-15-20-13-14-25(26(18-20)31-3)32-19-21-9-8-12-23(28)17-21/h4-14,17-18,27,29H,15-16,19H2,1-3H3. The average Bonchev–Trinajstić information content (AvgIpc) is 2.83. The molecule has 0 saturated carbocycles. The highest BCUT2D eigenvalue weighted by Gasteiger charge is 2.16. The normalized spacial score (nSPS) is 12.3. The molecule has 3 rings (SSSR count). The summed E-state index contributed by atoms with van der Waals surface area (Å²) in [5, 5.41) is 3.59. The van der Waals surface area contributed by atoms with E-state index in [0.717, 1.165) is 35.4 Å². The second kappa shape index (κ2) is 11.9. The monoisotopic (exact) mass is 435 g/mol. The highest BCUT2D eigenvalue weighted by molar-refractivity contribution is 5.43. The summed E-state index contributed by atoms with van der Waals surface area (Å²) in [4.78, 5) is 0. The quantitative estimate of drug-likeness (QED) is 0.384. The lowest BCUT2D eigenvalue weighted by molar-refractivity contribution is 0.251. The fraction of sp³-hybridized carbons (Fsp3) is 0.259. The average molecular weight is 436 g/mol. The minimum absolute atomic E-state index is 0.0121. The first-order valence-corrected chi connectivity index (χ1v) is 10.7. The summed E-state index contributed by atoms with van der Waals surface area (Å²) in [6.07, 6.45) is 2.79. The molecule has 32 heavy (non-hydrogen) atoms. The zero-order chi connectivity index (χ0) is 22.8. The van der Waals surface area contributed by atoms with Crippen LogP contribution >= 0.6 is 0 Å². The summed E-state index contributed by atoms with van der Waals surface area (Å²) in [5.74, 6) is 1.90. The summed E-state index contributed by atoms with van der Waals surface area (Å²) in [5.41, 5.74) is 3.05. The van der Waals surface area contributed by atoms with Gasteiger partial charge in [0.2, 0.25) is 0 Å². The van der Waals surface area contributed by atoms with Crippen LogP contribution in [0.4, 0.5) is 4.39 Å². The summed E-state index contributed by atoms with van der Waals surface area (Å²) in [6.45, 7) is 3.01. The van der Waals surface area contributed by atoms with Crippen molar-refractivity contribution in [3.05, 3.63) is 107 Å². The third kappa shape index (κ3) is 6.34. The summed E-state index contributed by atoms with van der Waals surface area (Å²) >= 11 is 0. The number of methoxy groups -OCH3 is 2. The van der Waals surface area contributed by atoms with Crippen molar-refractivity contribution in [1.29, 1.82) is 0 Å². The molecule has 5 heteroatoms. The van der Waals surface area contributed by atoms with Gasteiger partial charge in [-0.15, -0.1) is 0 Å². The molecule has 0 aliphatic rings. The van der Waals surface area contributed by atoms with Crippen molar-refractivity contribution < 1.29 is 18.6 Å². The predicted molar refractivity (Wildman–Crippen MR) is 125 cm³/mol. The Balaban J connectivity index is 1.63. The zero-order valence-electron chi connectivity index (χ0n) is 18.8. The van der Waals surface area contributed by atoms with Gasteiger partial charge >= 0.3 is 0 Å². The maximum atomic E-state index is 13.4. The second-order valence-electron chi connectivity index (χ2n) is 7.35. The van der Waals surface area contributed by atoms with Crippen molar-refractivity contribution in [2.75, 3.05) is 20.8 Å². The van der Waals surface area contributed by atoms with Gasteiger partial charge in [-0.25, -0.2) is 4.39 Å². The van der Waals surface area contributed by atoms with Gasteiger partial charge in [-0.3, -0.25) is 0 Å². The maximum absolute atomic E-state index is 13.4. The number of hydrogen-bond donors (Lipinski definition) is 1. The molecule has 0 bridgehead atoms. The van der Waals surface area contributed by atoms with E-state index in [1.165, 1.54) is 12.1 Å². The molecule has 1 atom stereocenters. The molecular formula is C27H30FNO3. The van der Waals surface area contributed by atoms with Crippen LogP contribution in [0.5, 0.6) is 11.5 Å². The van der Waals surface area contributed by atoms with Gasteiger partial charge in [0.05, 0.1) is 20.3 Å². The number of ether oxygens (including phenoxy) is 3. The van der Waals surface area contributed by atoms with E-state index in [9.17, 15) is 4.39 Å². The fourth-order valence-electron chi connectivity index (χ4n) is 3.57. The Morgan fingerprint density at radius 1 is 0.938 bits per heavy atom. The lowest BCUT2D eigenvalue weighted by Gasteiger charge is -2.21. The highest BCUT2D eigenvalue weighted by atomic mass is 19.1. The van der Waals surface area contributed by atoms with Gasteiger partial charge < -0.3 is 19.5 Å². The van der Waals surface area contributed by atoms with E-state index in [2.05, 4.69) is 17.4 Å². The molecular weight excluding hydrogens is 405 g/mol. The molecule has 168 valence electrons.